The van der Waals surface area contributed by atoms with Crippen LogP contribution < -0.4 is 0 Å². The van der Waals surface area contributed by atoms with Gasteiger partial charge >= 0.3 is 0 Å². The van der Waals surface area contributed by atoms with Crippen LogP contribution in [-0.4, -0.2) is 14.5 Å². The minimum atomic E-state index is 0.664. The van der Waals surface area contributed by atoms with E-state index in [4.69, 9.17) is 14.4 Å². The van der Waals surface area contributed by atoms with Crippen LogP contribution in [-0.2, 0) is 0 Å². The molecule has 43 heavy (non-hydrogen) atoms. The molecule has 0 amide bonds. The van der Waals surface area contributed by atoms with E-state index in [1.54, 1.807) is 11.3 Å². The van der Waals surface area contributed by atoms with Crippen molar-refractivity contribution in [1.29, 1.82) is 0 Å². The third-order valence-corrected chi connectivity index (χ3v) is 9.74. The molecule has 0 radical (unpaired) electrons. The maximum absolute atomic E-state index is 6.29. The van der Waals surface area contributed by atoms with Crippen molar-refractivity contribution in [1.82, 2.24) is 14.5 Å². The van der Waals surface area contributed by atoms with Crippen molar-refractivity contribution in [2.45, 2.75) is 0 Å². The molecule has 0 N–H and O–H groups in total. The van der Waals surface area contributed by atoms with Crippen LogP contribution in [0.25, 0.3) is 92.0 Å². The summed E-state index contributed by atoms with van der Waals surface area (Å²) in [6.07, 6.45) is 0. The Hall–Kier alpha value is -5.52. The summed E-state index contributed by atoms with van der Waals surface area (Å²) in [5.74, 6) is 0.664. The highest BCUT2D eigenvalue weighted by molar-refractivity contribution is 7.26. The first-order valence-corrected chi connectivity index (χ1v) is 15.2. The molecule has 5 heteroatoms. The number of aromatic nitrogens is 3. The topological polar surface area (TPSA) is 43.9 Å². The van der Waals surface area contributed by atoms with E-state index < -0.39 is 0 Å². The van der Waals surface area contributed by atoms with Gasteiger partial charge in [0.15, 0.2) is 0 Å². The SMILES string of the molecule is c1ccc(-c2nc(-n3c4ccccc4c4c5c(ccc43)oc3ccccc35)nc3c2sc2cc4ccccc4cc23)cc1. The quantitative estimate of drug-likeness (QED) is 0.209. The Morgan fingerprint density at radius 3 is 2.19 bits per heavy atom. The Labute approximate surface area is 249 Å². The standard InChI is InChI=1S/C38H21N3OS/c1-2-10-22(11-3-1)35-37-36(27-20-23-12-4-5-13-24(23)21-32(27)43-37)40-38(39-35)41-28-16-8-6-14-25(28)33-29(41)18-19-31-34(33)26-15-7-9-17-30(26)42-31/h1-21H. The van der Waals surface area contributed by atoms with Gasteiger partial charge in [-0.05, 0) is 47.2 Å². The summed E-state index contributed by atoms with van der Waals surface area (Å²) in [5.41, 5.74) is 6.91. The predicted molar refractivity (Wildman–Crippen MR) is 179 cm³/mol. The molecule has 4 nitrogen and oxygen atoms in total. The smallest absolute Gasteiger partial charge is 0.235 e. The van der Waals surface area contributed by atoms with Crippen LogP contribution in [0.15, 0.2) is 132 Å². The molecule has 4 heterocycles. The summed E-state index contributed by atoms with van der Waals surface area (Å²) in [5, 5.41) is 8.15. The molecule has 10 rings (SSSR count). The highest BCUT2D eigenvalue weighted by Gasteiger charge is 2.22. The lowest BCUT2D eigenvalue weighted by Crippen LogP contribution is -2.02. The lowest BCUT2D eigenvalue weighted by Gasteiger charge is -2.10. The molecule has 0 atom stereocenters. The van der Waals surface area contributed by atoms with Crippen molar-refractivity contribution < 1.29 is 4.42 Å². The first-order valence-electron chi connectivity index (χ1n) is 14.3. The van der Waals surface area contributed by atoms with Gasteiger partial charge in [0.05, 0.1) is 26.9 Å². The summed E-state index contributed by atoms with van der Waals surface area (Å²) in [6.45, 7) is 0. The van der Waals surface area contributed by atoms with Crippen molar-refractivity contribution in [3.05, 3.63) is 127 Å². The number of rotatable bonds is 2. The molecule has 6 aromatic carbocycles. The van der Waals surface area contributed by atoms with Gasteiger partial charge in [-0.2, -0.15) is 0 Å². The van der Waals surface area contributed by atoms with Gasteiger partial charge in [0.2, 0.25) is 5.95 Å². The Balaban J connectivity index is 1.38. The summed E-state index contributed by atoms with van der Waals surface area (Å²) in [7, 11) is 0. The molecule has 0 saturated carbocycles. The van der Waals surface area contributed by atoms with Gasteiger partial charge in [0.1, 0.15) is 11.2 Å². The van der Waals surface area contributed by atoms with E-state index in [1.807, 2.05) is 18.2 Å². The monoisotopic (exact) mass is 567 g/mol. The molecule has 4 aromatic heterocycles. The Morgan fingerprint density at radius 1 is 0.558 bits per heavy atom. The number of hydrogen-bond acceptors (Lipinski definition) is 4. The van der Waals surface area contributed by atoms with Gasteiger partial charge in [-0.25, -0.2) is 9.97 Å². The van der Waals surface area contributed by atoms with Gasteiger partial charge < -0.3 is 4.42 Å². The first-order chi connectivity index (χ1) is 21.3. The molecule has 0 saturated heterocycles. The van der Waals surface area contributed by atoms with Gasteiger partial charge in [-0.1, -0.05) is 91.0 Å². The number of thiophene rings is 1. The molecule has 0 spiro atoms. The number of nitrogens with zero attached hydrogens (tertiary/aromatic N) is 3. The summed E-state index contributed by atoms with van der Waals surface area (Å²) >= 11 is 1.77. The van der Waals surface area contributed by atoms with Gasteiger partial charge in [0, 0.05) is 37.2 Å². The number of hydrogen-bond donors (Lipinski definition) is 0. The number of benzene rings is 6. The van der Waals surface area contributed by atoms with Gasteiger partial charge in [0.25, 0.3) is 0 Å². The molecule has 200 valence electrons. The fourth-order valence-electron chi connectivity index (χ4n) is 6.70. The van der Waals surface area contributed by atoms with Crippen LogP contribution in [0.4, 0.5) is 0 Å². The van der Waals surface area contributed by atoms with Crippen LogP contribution in [0, 0.1) is 0 Å². The maximum Gasteiger partial charge on any atom is 0.235 e. The lowest BCUT2D eigenvalue weighted by molar-refractivity contribution is 0.669. The normalized spacial score (nSPS) is 12.2. The van der Waals surface area contributed by atoms with E-state index in [9.17, 15) is 0 Å². The van der Waals surface area contributed by atoms with E-state index in [0.29, 0.717) is 5.95 Å². The molecular formula is C38H21N3OS. The highest BCUT2D eigenvalue weighted by atomic mass is 32.1. The van der Waals surface area contributed by atoms with Crippen LogP contribution >= 0.6 is 11.3 Å². The zero-order valence-corrected chi connectivity index (χ0v) is 23.6. The van der Waals surface area contributed by atoms with Crippen molar-refractivity contribution in [2.24, 2.45) is 0 Å². The fraction of sp³-hybridized carbons (Fsp3) is 0. The minimum Gasteiger partial charge on any atom is -0.456 e. The van der Waals surface area contributed by atoms with Crippen molar-refractivity contribution in [2.75, 3.05) is 0 Å². The molecule has 0 bridgehead atoms. The second-order valence-electron chi connectivity index (χ2n) is 11.0. The second-order valence-corrected chi connectivity index (χ2v) is 12.0. The van der Waals surface area contributed by atoms with Crippen molar-refractivity contribution in [3.63, 3.8) is 0 Å². The number of furan rings is 1. The molecular weight excluding hydrogens is 547 g/mol. The third kappa shape index (κ3) is 3.20. The summed E-state index contributed by atoms with van der Waals surface area (Å²) in [6, 6.07) is 44.6. The first kappa shape index (κ1) is 23.1. The third-order valence-electron chi connectivity index (χ3n) is 8.59. The van der Waals surface area contributed by atoms with Crippen LogP contribution in [0.1, 0.15) is 0 Å². The van der Waals surface area contributed by atoms with E-state index in [0.717, 1.165) is 70.6 Å². The Kier molecular flexibility index (Phi) is 4.57. The summed E-state index contributed by atoms with van der Waals surface area (Å²) in [4.78, 5) is 10.7. The van der Waals surface area contributed by atoms with Gasteiger partial charge in [-0.15, -0.1) is 11.3 Å². The molecule has 0 fully saturated rings. The van der Waals surface area contributed by atoms with E-state index in [2.05, 4.69) is 114 Å². The van der Waals surface area contributed by atoms with Crippen LogP contribution in [0.5, 0.6) is 0 Å². The maximum atomic E-state index is 6.29. The average molecular weight is 568 g/mol. The number of para-hydroxylation sites is 2. The highest BCUT2D eigenvalue weighted by Crippen LogP contribution is 2.43. The molecule has 0 aliphatic rings. The molecule has 0 aliphatic carbocycles. The largest absolute Gasteiger partial charge is 0.456 e. The van der Waals surface area contributed by atoms with Crippen molar-refractivity contribution >= 4 is 86.2 Å². The van der Waals surface area contributed by atoms with Crippen LogP contribution in [0.2, 0.25) is 0 Å². The molecule has 10 aromatic rings. The van der Waals surface area contributed by atoms with Crippen molar-refractivity contribution in [3.8, 4) is 17.2 Å². The van der Waals surface area contributed by atoms with E-state index in [-0.39, 0.29) is 0 Å². The molecule has 0 aliphatic heterocycles. The second kappa shape index (κ2) is 8.51. The summed E-state index contributed by atoms with van der Waals surface area (Å²) < 4.78 is 10.8. The Bertz CT molecular complexity index is 2730. The Morgan fingerprint density at radius 2 is 1.30 bits per heavy atom. The lowest BCUT2D eigenvalue weighted by atomic mass is 10.1. The van der Waals surface area contributed by atoms with Gasteiger partial charge in [-0.3, -0.25) is 4.57 Å². The zero-order chi connectivity index (χ0) is 28.1. The fourth-order valence-corrected chi connectivity index (χ4v) is 7.88. The van der Waals surface area contributed by atoms with Crippen LogP contribution in [0.3, 0.4) is 0 Å². The molecule has 0 unspecified atom stereocenters. The minimum absolute atomic E-state index is 0.664. The van der Waals surface area contributed by atoms with E-state index in [1.165, 1.54) is 15.5 Å². The average Bonchev–Trinajstić information content (AvgIpc) is 3.72. The van der Waals surface area contributed by atoms with E-state index >= 15 is 0 Å². The number of fused-ring (bicyclic) bond motifs is 11. The predicted octanol–water partition coefficient (Wildman–Crippen LogP) is 10.7. The zero-order valence-electron chi connectivity index (χ0n) is 22.8.